The van der Waals surface area contributed by atoms with Crippen molar-refractivity contribution in [2.24, 2.45) is 0 Å². The number of rotatable bonds is 6. The van der Waals surface area contributed by atoms with Crippen molar-refractivity contribution in [2.75, 3.05) is 26.4 Å². The monoisotopic (exact) mass is 300 g/mol. The van der Waals surface area contributed by atoms with Crippen LogP contribution in [0.5, 0.6) is 11.5 Å². The average molecular weight is 301 g/mol. The van der Waals surface area contributed by atoms with E-state index in [1.807, 2.05) is 18.2 Å². The molecule has 5 heteroatoms. The molecule has 0 aromatic heterocycles. The van der Waals surface area contributed by atoms with E-state index in [4.69, 9.17) is 18.9 Å². The lowest BCUT2D eigenvalue weighted by molar-refractivity contribution is 0.251. The third kappa shape index (κ3) is 3.34. The molecule has 0 amide bonds. The Balaban J connectivity index is 1.60. The summed E-state index contributed by atoms with van der Waals surface area (Å²) in [4.78, 5) is 0. The summed E-state index contributed by atoms with van der Waals surface area (Å²) in [5, 5.41) is 0. The van der Waals surface area contributed by atoms with E-state index in [9.17, 15) is 0 Å². The zero-order valence-corrected chi connectivity index (χ0v) is 10.8. The van der Waals surface area contributed by atoms with Crippen molar-refractivity contribution >= 4 is 15.9 Å². The summed E-state index contributed by atoms with van der Waals surface area (Å²) < 4.78 is 22.3. The summed E-state index contributed by atoms with van der Waals surface area (Å²) in [5.41, 5.74) is 0. The summed E-state index contributed by atoms with van der Waals surface area (Å²) in [5.74, 6) is 1.59. The Bertz CT molecular complexity index is 401. The molecule has 17 heavy (non-hydrogen) atoms. The predicted octanol–water partition coefficient (Wildman–Crippen LogP) is 2.00. The van der Waals surface area contributed by atoms with Gasteiger partial charge in [-0.25, -0.2) is 0 Å². The normalized spacial score (nSPS) is 25.5. The highest BCUT2D eigenvalue weighted by atomic mass is 79.9. The van der Waals surface area contributed by atoms with Gasteiger partial charge in [-0.05, 0) is 28.1 Å². The summed E-state index contributed by atoms with van der Waals surface area (Å²) in [6.07, 6.45) is 0.522. The lowest BCUT2D eigenvalue weighted by atomic mass is 10.3. The van der Waals surface area contributed by atoms with Gasteiger partial charge in [0.1, 0.15) is 36.9 Å². The molecule has 2 fully saturated rings. The highest BCUT2D eigenvalue weighted by molar-refractivity contribution is 9.10. The van der Waals surface area contributed by atoms with Gasteiger partial charge in [0.15, 0.2) is 0 Å². The smallest absolute Gasteiger partial charge is 0.137 e. The molecule has 0 spiro atoms. The van der Waals surface area contributed by atoms with Gasteiger partial charge in [0.2, 0.25) is 0 Å². The van der Waals surface area contributed by atoms with Crippen LogP contribution in [-0.4, -0.2) is 38.6 Å². The van der Waals surface area contributed by atoms with Gasteiger partial charge < -0.3 is 18.9 Å². The Hall–Kier alpha value is -0.780. The van der Waals surface area contributed by atoms with Gasteiger partial charge in [-0.3, -0.25) is 0 Å². The first-order valence-electron chi connectivity index (χ1n) is 5.59. The van der Waals surface area contributed by atoms with E-state index >= 15 is 0 Å². The number of hydrogen-bond donors (Lipinski definition) is 0. The van der Waals surface area contributed by atoms with Crippen LogP contribution >= 0.6 is 15.9 Å². The Kier molecular flexibility index (Phi) is 3.22. The van der Waals surface area contributed by atoms with E-state index in [0.29, 0.717) is 13.2 Å². The Morgan fingerprint density at radius 3 is 2.41 bits per heavy atom. The number of epoxide rings is 2. The van der Waals surface area contributed by atoms with Gasteiger partial charge in [-0.1, -0.05) is 0 Å². The minimum Gasteiger partial charge on any atom is -0.491 e. The topological polar surface area (TPSA) is 43.5 Å². The number of hydrogen-bond acceptors (Lipinski definition) is 4. The molecular formula is C12H13BrO4. The van der Waals surface area contributed by atoms with Crippen LogP contribution in [-0.2, 0) is 9.47 Å². The Morgan fingerprint density at radius 1 is 1.12 bits per heavy atom. The van der Waals surface area contributed by atoms with Gasteiger partial charge in [-0.2, -0.15) is 0 Å². The molecule has 0 bridgehead atoms. The van der Waals surface area contributed by atoms with E-state index in [-0.39, 0.29) is 12.2 Å². The Labute approximate surface area is 108 Å². The highest BCUT2D eigenvalue weighted by Gasteiger charge is 2.24. The van der Waals surface area contributed by atoms with Crippen molar-refractivity contribution in [3.8, 4) is 11.5 Å². The van der Waals surface area contributed by atoms with Gasteiger partial charge in [-0.15, -0.1) is 0 Å². The van der Waals surface area contributed by atoms with Crippen LogP contribution in [0.4, 0.5) is 0 Å². The van der Waals surface area contributed by atoms with E-state index in [1.54, 1.807) is 0 Å². The quantitative estimate of drug-likeness (QED) is 0.754. The molecule has 2 atom stereocenters. The van der Waals surface area contributed by atoms with Gasteiger partial charge in [0, 0.05) is 6.07 Å². The fraction of sp³-hybridized carbons (Fsp3) is 0.500. The van der Waals surface area contributed by atoms with Crippen LogP contribution in [0.15, 0.2) is 22.7 Å². The number of benzene rings is 1. The van der Waals surface area contributed by atoms with Crippen molar-refractivity contribution in [2.45, 2.75) is 12.2 Å². The molecule has 1 unspecified atom stereocenters. The van der Waals surface area contributed by atoms with E-state index in [0.717, 1.165) is 29.2 Å². The standard InChI is InChI=1S/C12H13BrO4/c13-11-2-1-8(14-4-9-5-15-9)3-12(11)17-7-10-6-16-10/h1-3,9-10H,4-7H2/t9?,10-/m1/s1. The minimum atomic E-state index is 0.256. The number of halogens is 1. The molecule has 0 saturated carbocycles. The van der Waals surface area contributed by atoms with Gasteiger partial charge in [0.25, 0.3) is 0 Å². The third-order valence-electron chi connectivity index (χ3n) is 2.57. The SMILES string of the molecule is Brc1ccc(OCC2CO2)cc1OC[C@H]1CO1. The second kappa shape index (κ2) is 4.84. The molecule has 1 aromatic carbocycles. The molecule has 2 heterocycles. The maximum Gasteiger partial charge on any atom is 0.137 e. The van der Waals surface area contributed by atoms with Crippen molar-refractivity contribution in [3.05, 3.63) is 22.7 Å². The molecule has 92 valence electrons. The molecule has 0 aliphatic carbocycles. The van der Waals surface area contributed by atoms with Crippen molar-refractivity contribution in [3.63, 3.8) is 0 Å². The van der Waals surface area contributed by atoms with Crippen molar-refractivity contribution < 1.29 is 18.9 Å². The van der Waals surface area contributed by atoms with E-state index < -0.39 is 0 Å². The summed E-state index contributed by atoms with van der Waals surface area (Å²) >= 11 is 3.45. The summed E-state index contributed by atoms with van der Waals surface area (Å²) in [6.45, 7) is 2.80. The van der Waals surface area contributed by atoms with Crippen molar-refractivity contribution in [1.29, 1.82) is 0 Å². The van der Waals surface area contributed by atoms with E-state index in [1.165, 1.54) is 0 Å². The van der Waals surface area contributed by atoms with E-state index in [2.05, 4.69) is 15.9 Å². The zero-order chi connectivity index (χ0) is 11.7. The molecule has 2 aliphatic rings. The van der Waals surface area contributed by atoms with Crippen LogP contribution < -0.4 is 9.47 Å². The lowest BCUT2D eigenvalue weighted by Crippen LogP contribution is -2.06. The van der Waals surface area contributed by atoms with Crippen LogP contribution in [0.1, 0.15) is 0 Å². The predicted molar refractivity (Wildman–Crippen MR) is 64.6 cm³/mol. The molecule has 3 rings (SSSR count). The summed E-state index contributed by atoms with van der Waals surface area (Å²) in [6, 6.07) is 5.72. The number of ether oxygens (including phenoxy) is 4. The first-order valence-corrected chi connectivity index (χ1v) is 6.39. The van der Waals surface area contributed by atoms with Crippen LogP contribution in [0.3, 0.4) is 0 Å². The molecule has 0 N–H and O–H groups in total. The largest absolute Gasteiger partial charge is 0.491 e. The molecule has 2 aliphatic heterocycles. The molecular weight excluding hydrogens is 288 g/mol. The molecule has 4 nitrogen and oxygen atoms in total. The zero-order valence-electron chi connectivity index (χ0n) is 9.23. The van der Waals surface area contributed by atoms with Crippen LogP contribution in [0.25, 0.3) is 0 Å². The second-order valence-corrected chi connectivity index (χ2v) is 4.98. The highest BCUT2D eigenvalue weighted by Crippen LogP contribution is 2.30. The third-order valence-corrected chi connectivity index (χ3v) is 3.22. The first kappa shape index (κ1) is 11.3. The molecule has 0 radical (unpaired) electrons. The fourth-order valence-corrected chi connectivity index (χ4v) is 1.75. The van der Waals surface area contributed by atoms with Crippen LogP contribution in [0.2, 0.25) is 0 Å². The average Bonchev–Trinajstić information content (AvgIpc) is 3.20. The maximum absolute atomic E-state index is 5.64. The summed E-state index contributed by atoms with van der Waals surface area (Å²) in [7, 11) is 0. The fourth-order valence-electron chi connectivity index (χ4n) is 1.38. The molecule has 2 saturated heterocycles. The first-order chi connectivity index (χ1) is 8.31. The van der Waals surface area contributed by atoms with Crippen LogP contribution in [0, 0.1) is 0 Å². The second-order valence-electron chi connectivity index (χ2n) is 4.12. The minimum absolute atomic E-state index is 0.256. The van der Waals surface area contributed by atoms with Gasteiger partial charge in [0.05, 0.1) is 17.7 Å². The van der Waals surface area contributed by atoms with Gasteiger partial charge >= 0.3 is 0 Å². The van der Waals surface area contributed by atoms with Crippen molar-refractivity contribution in [1.82, 2.24) is 0 Å². The maximum atomic E-state index is 5.64. The lowest BCUT2D eigenvalue weighted by Gasteiger charge is -2.09. The Morgan fingerprint density at radius 2 is 1.76 bits per heavy atom. The molecule has 1 aromatic rings.